The van der Waals surface area contributed by atoms with Gasteiger partial charge in [0, 0.05) is 43.4 Å². The highest BCUT2D eigenvalue weighted by molar-refractivity contribution is 5.79. The van der Waals surface area contributed by atoms with Crippen molar-refractivity contribution in [2.24, 2.45) is 10.9 Å². The van der Waals surface area contributed by atoms with Gasteiger partial charge in [0.05, 0.1) is 12.8 Å². The number of aryl methyl sites for hydroxylation is 1. The second-order valence-corrected chi connectivity index (χ2v) is 5.05. The molecule has 0 aliphatic carbocycles. The SMILES string of the molecule is COc1cc(C)nc(CN(CC/C(N)=N/O)C(C)C)c1. The Morgan fingerprint density at radius 3 is 2.75 bits per heavy atom. The summed E-state index contributed by atoms with van der Waals surface area (Å²) < 4.78 is 5.26. The molecule has 0 aliphatic rings. The van der Waals surface area contributed by atoms with Crippen molar-refractivity contribution >= 4 is 5.84 Å². The molecule has 1 aromatic rings. The Hall–Kier alpha value is -1.82. The molecule has 3 N–H and O–H groups in total. The lowest BCUT2D eigenvalue weighted by molar-refractivity contribution is 0.215. The molecule has 0 aromatic carbocycles. The average Bonchev–Trinajstić information content (AvgIpc) is 2.41. The van der Waals surface area contributed by atoms with Gasteiger partial charge in [-0.15, -0.1) is 0 Å². The fourth-order valence-corrected chi connectivity index (χ4v) is 1.94. The van der Waals surface area contributed by atoms with Crippen molar-refractivity contribution in [3.05, 3.63) is 23.5 Å². The van der Waals surface area contributed by atoms with Crippen molar-refractivity contribution in [1.29, 1.82) is 0 Å². The minimum atomic E-state index is 0.241. The summed E-state index contributed by atoms with van der Waals surface area (Å²) in [6, 6.07) is 4.18. The fourth-order valence-electron chi connectivity index (χ4n) is 1.94. The lowest BCUT2D eigenvalue weighted by atomic mass is 10.2. The summed E-state index contributed by atoms with van der Waals surface area (Å²) in [5.74, 6) is 1.05. The van der Waals surface area contributed by atoms with Crippen LogP contribution in [-0.4, -0.2) is 40.6 Å². The average molecular weight is 280 g/mol. The van der Waals surface area contributed by atoms with Crippen LogP contribution in [0.3, 0.4) is 0 Å². The molecule has 0 bridgehead atoms. The second kappa shape index (κ2) is 7.69. The van der Waals surface area contributed by atoms with Gasteiger partial charge in [-0.3, -0.25) is 9.88 Å². The van der Waals surface area contributed by atoms with E-state index in [2.05, 4.69) is 28.9 Å². The van der Waals surface area contributed by atoms with Gasteiger partial charge in [-0.1, -0.05) is 5.16 Å². The van der Waals surface area contributed by atoms with Crippen LogP contribution in [0.15, 0.2) is 17.3 Å². The summed E-state index contributed by atoms with van der Waals surface area (Å²) >= 11 is 0. The molecule has 0 fully saturated rings. The number of hydrogen-bond donors (Lipinski definition) is 2. The molecule has 0 saturated heterocycles. The highest BCUT2D eigenvalue weighted by Crippen LogP contribution is 2.16. The van der Waals surface area contributed by atoms with Gasteiger partial charge in [-0.2, -0.15) is 0 Å². The van der Waals surface area contributed by atoms with Crippen LogP contribution >= 0.6 is 0 Å². The number of methoxy groups -OCH3 is 1. The van der Waals surface area contributed by atoms with Gasteiger partial charge < -0.3 is 15.7 Å². The molecule has 6 nitrogen and oxygen atoms in total. The lowest BCUT2D eigenvalue weighted by Crippen LogP contribution is -2.33. The molecule has 1 rings (SSSR count). The molecule has 0 spiro atoms. The van der Waals surface area contributed by atoms with Crippen molar-refractivity contribution in [3.8, 4) is 5.75 Å². The van der Waals surface area contributed by atoms with E-state index >= 15 is 0 Å². The highest BCUT2D eigenvalue weighted by atomic mass is 16.5. The molecule has 1 aromatic heterocycles. The number of hydrogen-bond acceptors (Lipinski definition) is 5. The number of rotatable bonds is 7. The zero-order valence-corrected chi connectivity index (χ0v) is 12.6. The maximum atomic E-state index is 8.60. The van der Waals surface area contributed by atoms with Crippen molar-refractivity contribution in [2.45, 2.75) is 39.8 Å². The molecule has 20 heavy (non-hydrogen) atoms. The third kappa shape index (κ3) is 5.05. The Morgan fingerprint density at radius 1 is 1.50 bits per heavy atom. The molecule has 0 aliphatic heterocycles. The Balaban J connectivity index is 2.77. The number of oxime groups is 1. The Kier molecular flexibility index (Phi) is 6.24. The smallest absolute Gasteiger partial charge is 0.140 e. The quantitative estimate of drug-likeness (QED) is 0.344. The van der Waals surface area contributed by atoms with Crippen LogP contribution in [0.2, 0.25) is 0 Å². The first-order valence-corrected chi connectivity index (χ1v) is 6.68. The Labute approximate surface area is 120 Å². The zero-order valence-electron chi connectivity index (χ0n) is 12.6. The maximum absolute atomic E-state index is 8.60. The predicted octanol–water partition coefficient (Wildman–Crippen LogP) is 1.75. The van der Waals surface area contributed by atoms with E-state index in [0.717, 1.165) is 17.1 Å². The molecule has 1 heterocycles. The lowest BCUT2D eigenvalue weighted by Gasteiger charge is -2.26. The summed E-state index contributed by atoms with van der Waals surface area (Å²) in [7, 11) is 1.65. The normalized spacial score (nSPS) is 12.2. The number of pyridine rings is 1. The molecule has 6 heteroatoms. The van der Waals surface area contributed by atoms with E-state index in [0.29, 0.717) is 25.6 Å². The van der Waals surface area contributed by atoms with E-state index in [9.17, 15) is 0 Å². The van der Waals surface area contributed by atoms with Crippen molar-refractivity contribution in [1.82, 2.24) is 9.88 Å². The fraction of sp³-hybridized carbons (Fsp3) is 0.571. The van der Waals surface area contributed by atoms with E-state index in [1.54, 1.807) is 7.11 Å². The Morgan fingerprint density at radius 2 is 2.20 bits per heavy atom. The molecule has 0 unspecified atom stereocenters. The van der Waals surface area contributed by atoms with Crippen molar-refractivity contribution in [2.75, 3.05) is 13.7 Å². The first-order chi connectivity index (χ1) is 9.46. The minimum Gasteiger partial charge on any atom is -0.497 e. The zero-order chi connectivity index (χ0) is 15.1. The largest absolute Gasteiger partial charge is 0.497 e. The van der Waals surface area contributed by atoms with E-state index in [1.165, 1.54) is 0 Å². The number of aromatic nitrogens is 1. The van der Waals surface area contributed by atoms with Crippen LogP contribution < -0.4 is 10.5 Å². The summed E-state index contributed by atoms with van der Waals surface area (Å²) in [6.07, 6.45) is 0.525. The molecule has 0 radical (unpaired) electrons. The van der Waals surface area contributed by atoms with Crippen LogP contribution in [0.4, 0.5) is 0 Å². The summed E-state index contributed by atoms with van der Waals surface area (Å²) in [6.45, 7) is 7.58. The summed E-state index contributed by atoms with van der Waals surface area (Å²) in [4.78, 5) is 6.74. The van der Waals surface area contributed by atoms with Crippen LogP contribution in [-0.2, 0) is 6.54 Å². The number of amidine groups is 1. The molecular weight excluding hydrogens is 256 g/mol. The van der Waals surface area contributed by atoms with E-state index in [4.69, 9.17) is 15.7 Å². The highest BCUT2D eigenvalue weighted by Gasteiger charge is 2.12. The first kappa shape index (κ1) is 16.2. The van der Waals surface area contributed by atoms with Crippen LogP contribution in [0.25, 0.3) is 0 Å². The van der Waals surface area contributed by atoms with Crippen LogP contribution in [0, 0.1) is 6.92 Å². The van der Waals surface area contributed by atoms with Crippen LogP contribution in [0.1, 0.15) is 31.7 Å². The van der Waals surface area contributed by atoms with Gasteiger partial charge in [0.25, 0.3) is 0 Å². The van der Waals surface area contributed by atoms with Crippen LogP contribution in [0.5, 0.6) is 5.75 Å². The molecular formula is C14H24N4O2. The third-order valence-corrected chi connectivity index (χ3v) is 3.09. The predicted molar refractivity (Wildman–Crippen MR) is 79.1 cm³/mol. The molecule has 0 atom stereocenters. The number of nitrogens with two attached hydrogens (primary N) is 1. The monoisotopic (exact) mass is 280 g/mol. The van der Waals surface area contributed by atoms with E-state index < -0.39 is 0 Å². The number of nitrogens with zero attached hydrogens (tertiary/aromatic N) is 3. The standard InChI is InChI=1S/C14H24N4O2/c1-10(2)18(6-5-14(15)17-19)9-12-8-13(20-4)7-11(3)16-12/h7-8,10,19H,5-6,9H2,1-4H3,(H2,15,17). The molecule has 112 valence electrons. The second-order valence-electron chi connectivity index (χ2n) is 5.05. The third-order valence-electron chi connectivity index (χ3n) is 3.09. The van der Waals surface area contributed by atoms with Gasteiger partial charge >= 0.3 is 0 Å². The maximum Gasteiger partial charge on any atom is 0.140 e. The van der Waals surface area contributed by atoms with Crippen molar-refractivity contribution < 1.29 is 9.94 Å². The van der Waals surface area contributed by atoms with Crippen molar-refractivity contribution in [3.63, 3.8) is 0 Å². The molecule has 0 saturated carbocycles. The first-order valence-electron chi connectivity index (χ1n) is 6.68. The topological polar surface area (TPSA) is 84.0 Å². The summed E-state index contributed by atoms with van der Waals surface area (Å²) in [5.41, 5.74) is 7.41. The van der Waals surface area contributed by atoms with Gasteiger partial charge in [0.15, 0.2) is 0 Å². The van der Waals surface area contributed by atoms with E-state index in [-0.39, 0.29) is 5.84 Å². The number of ether oxygens (including phenoxy) is 1. The Bertz CT molecular complexity index is 460. The minimum absolute atomic E-state index is 0.241. The summed E-state index contributed by atoms with van der Waals surface area (Å²) in [5, 5.41) is 11.6. The van der Waals surface area contributed by atoms with Gasteiger partial charge in [0.1, 0.15) is 11.6 Å². The van der Waals surface area contributed by atoms with Gasteiger partial charge in [-0.05, 0) is 20.8 Å². The van der Waals surface area contributed by atoms with E-state index in [1.807, 2.05) is 19.1 Å². The molecule has 0 amide bonds. The van der Waals surface area contributed by atoms with Gasteiger partial charge in [0.2, 0.25) is 0 Å². The van der Waals surface area contributed by atoms with Gasteiger partial charge in [-0.25, -0.2) is 0 Å².